The monoisotopic (exact) mass is 225 g/mol. The fourth-order valence-electron chi connectivity index (χ4n) is 2.21. The summed E-state index contributed by atoms with van der Waals surface area (Å²) in [6.45, 7) is 4.19. The Balaban J connectivity index is 1.69. The van der Waals surface area contributed by atoms with Crippen molar-refractivity contribution in [2.24, 2.45) is 5.92 Å². The highest BCUT2D eigenvalue weighted by Gasteiger charge is 2.21. The van der Waals surface area contributed by atoms with Crippen LogP contribution < -0.4 is 5.32 Å². The summed E-state index contributed by atoms with van der Waals surface area (Å²) in [5, 5.41) is 15.0. The summed E-state index contributed by atoms with van der Waals surface area (Å²) in [4.78, 5) is 1.44. The van der Waals surface area contributed by atoms with Gasteiger partial charge < -0.3 is 10.4 Å². The fraction of sp³-hybridized carbons (Fsp3) is 0.667. The third kappa shape index (κ3) is 3.03. The Kier molecular flexibility index (Phi) is 3.78. The lowest BCUT2D eigenvalue weighted by Crippen LogP contribution is -2.21. The Labute approximate surface area is 95.3 Å². The average Bonchev–Trinajstić information content (AvgIpc) is 2.77. The summed E-state index contributed by atoms with van der Waals surface area (Å²) in [6, 6.07) is 2.17. The van der Waals surface area contributed by atoms with Crippen molar-refractivity contribution < 1.29 is 5.11 Å². The second-order valence-electron chi connectivity index (χ2n) is 4.49. The Bertz CT molecular complexity index is 310. The molecule has 15 heavy (non-hydrogen) atoms. The Morgan fingerprint density at radius 3 is 3.00 bits per heavy atom. The van der Waals surface area contributed by atoms with E-state index in [1.54, 1.807) is 0 Å². The van der Waals surface area contributed by atoms with E-state index in [4.69, 9.17) is 0 Å². The first-order chi connectivity index (χ1) is 7.25. The molecule has 1 heterocycles. The van der Waals surface area contributed by atoms with E-state index < -0.39 is 0 Å². The fourth-order valence-corrected chi connectivity index (χ4v) is 3.08. The number of hydrogen-bond acceptors (Lipinski definition) is 3. The molecule has 1 fully saturated rings. The normalized spacial score (nSPS) is 26.0. The van der Waals surface area contributed by atoms with Gasteiger partial charge in [-0.2, -0.15) is 0 Å². The van der Waals surface area contributed by atoms with Crippen LogP contribution in [0.1, 0.15) is 29.7 Å². The van der Waals surface area contributed by atoms with Gasteiger partial charge in [-0.1, -0.05) is 0 Å². The van der Waals surface area contributed by atoms with Crippen LogP contribution in [0.25, 0.3) is 0 Å². The number of aliphatic hydroxyl groups is 1. The van der Waals surface area contributed by atoms with Gasteiger partial charge in [0.2, 0.25) is 0 Å². The molecule has 0 aliphatic heterocycles. The summed E-state index contributed by atoms with van der Waals surface area (Å²) >= 11 is 1.82. The third-order valence-electron chi connectivity index (χ3n) is 3.20. The zero-order chi connectivity index (χ0) is 10.7. The first-order valence-electron chi connectivity index (χ1n) is 5.67. The molecule has 0 bridgehead atoms. The van der Waals surface area contributed by atoms with Crippen LogP contribution in [0.5, 0.6) is 0 Å². The zero-order valence-corrected chi connectivity index (χ0v) is 10.0. The van der Waals surface area contributed by atoms with Crippen molar-refractivity contribution >= 4 is 11.3 Å². The van der Waals surface area contributed by atoms with E-state index in [1.807, 2.05) is 11.3 Å². The van der Waals surface area contributed by atoms with E-state index in [1.165, 1.54) is 16.9 Å². The Morgan fingerprint density at radius 2 is 2.40 bits per heavy atom. The molecule has 1 saturated carbocycles. The molecular weight excluding hydrogens is 206 g/mol. The quantitative estimate of drug-likeness (QED) is 0.824. The molecule has 3 heteroatoms. The van der Waals surface area contributed by atoms with E-state index in [9.17, 15) is 5.11 Å². The van der Waals surface area contributed by atoms with Crippen LogP contribution in [-0.2, 0) is 6.54 Å². The average molecular weight is 225 g/mol. The van der Waals surface area contributed by atoms with E-state index in [0.29, 0.717) is 5.92 Å². The van der Waals surface area contributed by atoms with Crippen LogP contribution in [0.4, 0.5) is 0 Å². The van der Waals surface area contributed by atoms with Crippen LogP contribution in [0, 0.1) is 12.8 Å². The summed E-state index contributed by atoms with van der Waals surface area (Å²) in [6.07, 6.45) is 3.11. The number of nitrogens with one attached hydrogen (secondary N) is 1. The first-order valence-corrected chi connectivity index (χ1v) is 6.55. The molecule has 2 N–H and O–H groups in total. The lowest BCUT2D eigenvalue weighted by molar-refractivity contribution is 0.177. The molecule has 1 aliphatic carbocycles. The summed E-state index contributed by atoms with van der Waals surface area (Å²) in [5.41, 5.74) is 1.39. The maximum Gasteiger partial charge on any atom is 0.0543 e. The van der Waals surface area contributed by atoms with Gasteiger partial charge in [0.1, 0.15) is 0 Å². The van der Waals surface area contributed by atoms with E-state index in [-0.39, 0.29) is 6.10 Å². The van der Waals surface area contributed by atoms with E-state index in [2.05, 4.69) is 23.7 Å². The minimum atomic E-state index is -0.0414. The van der Waals surface area contributed by atoms with Gasteiger partial charge >= 0.3 is 0 Å². The molecule has 0 radical (unpaired) electrons. The topological polar surface area (TPSA) is 32.3 Å². The Morgan fingerprint density at radius 1 is 1.53 bits per heavy atom. The standard InChI is InChI=1S/C12H19NOS/c1-9-4-5-15-12(9)8-13-7-10-2-3-11(14)6-10/h4-5,10-11,13-14H,2-3,6-8H2,1H3. The molecule has 1 aromatic rings. The molecular formula is C12H19NOS. The van der Waals surface area contributed by atoms with Crippen molar-refractivity contribution in [1.82, 2.24) is 5.32 Å². The molecule has 0 amide bonds. The number of rotatable bonds is 4. The van der Waals surface area contributed by atoms with Gasteiger partial charge in [0, 0.05) is 11.4 Å². The smallest absolute Gasteiger partial charge is 0.0543 e. The van der Waals surface area contributed by atoms with Gasteiger partial charge in [-0.15, -0.1) is 11.3 Å². The highest BCUT2D eigenvalue weighted by Crippen LogP contribution is 2.24. The molecule has 0 saturated heterocycles. The van der Waals surface area contributed by atoms with Crippen LogP contribution in [0.15, 0.2) is 11.4 Å². The molecule has 1 aliphatic rings. The number of thiophene rings is 1. The lowest BCUT2D eigenvalue weighted by atomic mass is 10.1. The number of hydrogen-bond donors (Lipinski definition) is 2. The minimum absolute atomic E-state index is 0.0414. The molecule has 2 atom stereocenters. The summed E-state index contributed by atoms with van der Waals surface area (Å²) in [7, 11) is 0. The number of aryl methyl sites for hydroxylation is 1. The van der Waals surface area contributed by atoms with Crippen molar-refractivity contribution in [2.45, 2.75) is 38.8 Å². The van der Waals surface area contributed by atoms with Gasteiger partial charge in [0.25, 0.3) is 0 Å². The first kappa shape index (κ1) is 11.1. The second-order valence-corrected chi connectivity index (χ2v) is 5.49. The van der Waals surface area contributed by atoms with Crippen molar-refractivity contribution in [3.63, 3.8) is 0 Å². The molecule has 84 valence electrons. The van der Waals surface area contributed by atoms with Crippen LogP contribution in [0.2, 0.25) is 0 Å². The van der Waals surface area contributed by atoms with Crippen LogP contribution in [0.3, 0.4) is 0 Å². The predicted octanol–water partition coefficient (Wildman–Crippen LogP) is 2.31. The molecule has 2 rings (SSSR count). The maximum absolute atomic E-state index is 9.40. The second kappa shape index (κ2) is 5.10. The van der Waals surface area contributed by atoms with Gasteiger partial charge in [-0.3, -0.25) is 0 Å². The minimum Gasteiger partial charge on any atom is -0.393 e. The largest absolute Gasteiger partial charge is 0.393 e. The van der Waals surface area contributed by atoms with E-state index >= 15 is 0 Å². The van der Waals surface area contributed by atoms with Crippen LogP contribution in [-0.4, -0.2) is 17.8 Å². The number of aliphatic hydroxyl groups excluding tert-OH is 1. The molecule has 2 unspecified atom stereocenters. The van der Waals surface area contributed by atoms with Gasteiger partial charge in [0.05, 0.1) is 6.10 Å². The summed E-state index contributed by atoms with van der Waals surface area (Å²) in [5.74, 6) is 0.681. The molecule has 2 nitrogen and oxygen atoms in total. The van der Waals surface area contributed by atoms with Crippen molar-refractivity contribution in [3.05, 3.63) is 21.9 Å². The van der Waals surface area contributed by atoms with Gasteiger partial charge in [-0.25, -0.2) is 0 Å². The maximum atomic E-state index is 9.40. The zero-order valence-electron chi connectivity index (χ0n) is 9.20. The van der Waals surface area contributed by atoms with Crippen molar-refractivity contribution in [1.29, 1.82) is 0 Å². The van der Waals surface area contributed by atoms with Crippen LogP contribution >= 0.6 is 11.3 Å². The highest BCUT2D eigenvalue weighted by molar-refractivity contribution is 7.10. The SMILES string of the molecule is Cc1ccsc1CNCC1CCC(O)C1. The van der Waals surface area contributed by atoms with Crippen molar-refractivity contribution in [2.75, 3.05) is 6.54 Å². The Hall–Kier alpha value is -0.380. The molecule has 1 aromatic heterocycles. The van der Waals surface area contributed by atoms with E-state index in [0.717, 1.165) is 25.9 Å². The molecule has 0 aromatic carbocycles. The molecule has 0 spiro atoms. The lowest BCUT2D eigenvalue weighted by Gasteiger charge is -2.10. The highest BCUT2D eigenvalue weighted by atomic mass is 32.1. The van der Waals surface area contributed by atoms with Crippen molar-refractivity contribution in [3.8, 4) is 0 Å². The predicted molar refractivity (Wildman–Crippen MR) is 64.1 cm³/mol. The van der Waals surface area contributed by atoms with Gasteiger partial charge in [-0.05, 0) is 55.7 Å². The van der Waals surface area contributed by atoms with Gasteiger partial charge in [0.15, 0.2) is 0 Å². The third-order valence-corrected chi connectivity index (χ3v) is 4.22. The summed E-state index contributed by atoms with van der Waals surface area (Å²) < 4.78 is 0.